The van der Waals surface area contributed by atoms with Crippen LogP contribution in [0.4, 0.5) is 0 Å². The minimum Gasteiger partial charge on any atom is -0.198 e. The highest BCUT2D eigenvalue weighted by atomic mass is 32.2. The van der Waals surface area contributed by atoms with Gasteiger partial charge in [0.2, 0.25) is 0 Å². The SMILES string of the molecule is Cc1ccc(CSC2=C(CCC#N)S/C(=C3\SC(CCC#N)=C(SCc4ccc(C)cc4)S3)S2)cc1. The molecule has 0 spiro atoms. The van der Waals surface area contributed by atoms with E-state index in [-0.39, 0.29) is 0 Å². The fourth-order valence-corrected chi connectivity index (χ4v) is 12.1. The average Bonchev–Trinajstić information content (AvgIpc) is 3.49. The number of rotatable bonds is 10. The van der Waals surface area contributed by atoms with Gasteiger partial charge in [-0.3, -0.25) is 0 Å². The summed E-state index contributed by atoms with van der Waals surface area (Å²) in [5.74, 6) is 1.87. The van der Waals surface area contributed by atoms with Crippen LogP contribution in [0, 0.1) is 36.5 Å². The monoisotopic (exact) mass is 582 g/mol. The van der Waals surface area contributed by atoms with E-state index in [0.717, 1.165) is 24.3 Å². The third kappa shape index (κ3) is 7.87. The zero-order chi connectivity index (χ0) is 25.3. The van der Waals surface area contributed by atoms with Crippen molar-refractivity contribution in [3.8, 4) is 12.1 Å². The van der Waals surface area contributed by atoms with E-state index in [1.165, 1.54) is 49.0 Å². The molecule has 0 aromatic heterocycles. The summed E-state index contributed by atoms with van der Waals surface area (Å²) in [7, 11) is 0. The molecule has 2 aromatic rings. The fraction of sp³-hybridized carbons (Fsp3) is 0.286. The van der Waals surface area contributed by atoms with Gasteiger partial charge in [0, 0.05) is 34.2 Å². The van der Waals surface area contributed by atoms with Crippen molar-refractivity contribution in [2.24, 2.45) is 0 Å². The average molecular weight is 583 g/mol. The van der Waals surface area contributed by atoms with Gasteiger partial charge >= 0.3 is 0 Å². The molecule has 2 heterocycles. The zero-order valence-electron chi connectivity index (χ0n) is 20.2. The molecule has 4 rings (SSSR count). The van der Waals surface area contributed by atoms with Crippen LogP contribution in [0.3, 0.4) is 0 Å². The Hall–Kier alpha value is -1.26. The second kappa shape index (κ2) is 14.0. The van der Waals surface area contributed by atoms with Crippen LogP contribution in [0.1, 0.15) is 47.9 Å². The minimum atomic E-state index is 0.545. The Labute approximate surface area is 240 Å². The number of nitriles is 2. The Morgan fingerprint density at radius 1 is 0.611 bits per heavy atom. The molecule has 2 aromatic carbocycles. The summed E-state index contributed by atoms with van der Waals surface area (Å²) >= 11 is 11.2. The van der Waals surface area contributed by atoms with E-state index in [9.17, 15) is 10.5 Å². The normalized spacial score (nSPS) is 17.6. The maximum atomic E-state index is 9.19. The second-order valence-corrected chi connectivity index (χ2v) is 15.5. The van der Waals surface area contributed by atoms with Gasteiger partial charge in [-0.05, 0) is 37.8 Å². The number of hydrogen-bond acceptors (Lipinski definition) is 8. The lowest BCUT2D eigenvalue weighted by molar-refractivity contribution is 1.05. The summed E-state index contributed by atoms with van der Waals surface area (Å²) in [4.78, 5) is 2.64. The van der Waals surface area contributed by atoms with Crippen LogP contribution in [-0.2, 0) is 11.5 Å². The Balaban J connectivity index is 1.46. The Morgan fingerprint density at radius 2 is 1.00 bits per heavy atom. The first kappa shape index (κ1) is 27.8. The van der Waals surface area contributed by atoms with Crippen molar-refractivity contribution < 1.29 is 0 Å². The molecular weight excluding hydrogens is 557 g/mol. The number of nitrogens with zero attached hydrogens (tertiary/aromatic N) is 2. The topological polar surface area (TPSA) is 47.6 Å². The predicted octanol–water partition coefficient (Wildman–Crippen LogP) is 10.5. The molecule has 0 atom stereocenters. The van der Waals surface area contributed by atoms with Gasteiger partial charge in [-0.2, -0.15) is 10.5 Å². The van der Waals surface area contributed by atoms with Gasteiger partial charge in [-0.1, -0.05) is 107 Å². The number of hydrogen-bond donors (Lipinski definition) is 0. The van der Waals surface area contributed by atoms with Crippen LogP contribution >= 0.6 is 70.6 Å². The fourth-order valence-electron chi connectivity index (χ4n) is 3.33. The highest BCUT2D eigenvalue weighted by Crippen LogP contribution is 2.64. The summed E-state index contributed by atoms with van der Waals surface area (Å²) in [5, 5.41) is 18.4. The van der Waals surface area contributed by atoms with Crippen molar-refractivity contribution in [3.63, 3.8) is 0 Å². The van der Waals surface area contributed by atoms with Crippen LogP contribution in [0.15, 0.2) is 75.3 Å². The van der Waals surface area contributed by atoms with Gasteiger partial charge in [-0.25, -0.2) is 0 Å². The lowest BCUT2D eigenvalue weighted by Gasteiger charge is -2.05. The molecule has 2 aliphatic heterocycles. The molecule has 0 bridgehead atoms. The van der Waals surface area contributed by atoms with E-state index in [0.29, 0.717) is 12.8 Å². The molecule has 0 radical (unpaired) electrons. The first-order valence-electron chi connectivity index (χ1n) is 11.6. The Morgan fingerprint density at radius 3 is 1.36 bits per heavy atom. The molecule has 2 nitrogen and oxygen atoms in total. The lowest BCUT2D eigenvalue weighted by atomic mass is 10.2. The van der Waals surface area contributed by atoms with E-state index in [4.69, 9.17) is 0 Å². The minimum absolute atomic E-state index is 0.545. The molecule has 0 amide bonds. The molecule has 0 unspecified atom stereocenters. The van der Waals surface area contributed by atoms with Crippen LogP contribution in [0.2, 0.25) is 0 Å². The van der Waals surface area contributed by atoms with Gasteiger partial charge in [0.05, 0.1) is 29.1 Å². The first-order valence-corrected chi connectivity index (χ1v) is 16.8. The van der Waals surface area contributed by atoms with E-state index >= 15 is 0 Å². The van der Waals surface area contributed by atoms with Crippen LogP contribution < -0.4 is 0 Å². The van der Waals surface area contributed by atoms with E-state index in [1.807, 2.05) is 70.6 Å². The van der Waals surface area contributed by atoms with E-state index in [1.54, 1.807) is 0 Å². The summed E-state index contributed by atoms with van der Waals surface area (Å²) in [6.07, 6.45) is 2.70. The van der Waals surface area contributed by atoms with Crippen molar-refractivity contribution in [1.29, 1.82) is 10.5 Å². The first-order chi connectivity index (χ1) is 17.6. The summed E-state index contributed by atoms with van der Waals surface area (Å²) < 4.78 is 5.31. The standard InChI is InChI=1S/C28H26N2S6/c1-19-7-11-21(12-8-19)17-31-25-23(5-3-15-29)33-27(35-25)28-34-24(6-4-16-30)26(36-28)32-18-22-13-9-20(2)10-14-22/h7-14H,3-6,17-18H2,1-2H3/b28-27-. The van der Waals surface area contributed by atoms with Crippen molar-refractivity contribution in [2.75, 3.05) is 0 Å². The maximum absolute atomic E-state index is 9.19. The third-order valence-corrected chi connectivity index (χ3v) is 14.3. The highest BCUT2D eigenvalue weighted by molar-refractivity contribution is 8.40. The molecule has 2 aliphatic rings. The zero-order valence-corrected chi connectivity index (χ0v) is 25.1. The van der Waals surface area contributed by atoms with Crippen LogP contribution in [-0.4, -0.2) is 0 Å². The number of aryl methyl sites for hydroxylation is 2. The second-order valence-electron chi connectivity index (χ2n) is 8.27. The van der Waals surface area contributed by atoms with E-state index in [2.05, 4.69) is 74.5 Å². The maximum Gasteiger partial charge on any atom is 0.0708 e. The summed E-state index contributed by atoms with van der Waals surface area (Å²) in [5.41, 5.74) is 5.21. The molecule has 0 saturated carbocycles. The molecule has 0 aliphatic carbocycles. The van der Waals surface area contributed by atoms with Gasteiger partial charge in [0.25, 0.3) is 0 Å². The number of thioether (sulfide) groups is 6. The van der Waals surface area contributed by atoms with Gasteiger partial charge in [-0.15, -0.1) is 23.5 Å². The Kier molecular flexibility index (Phi) is 10.8. The van der Waals surface area contributed by atoms with Gasteiger partial charge in [0.15, 0.2) is 0 Å². The predicted molar refractivity (Wildman–Crippen MR) is 166 cm³/mol. The molecular formula is C28H26N2S6. The molecule has 0 saturated heterocycles. The molecule has 0 fully saturated rings. The quantitative estimate of drug-likeness (QED) is 0.274. The molecule has 184 valence electrons. The largest absolute Gasteiger partial charge is 0.198 e. The van der Waals surface area contributed by atoms with Crippen LogP contribution in [0.5, 0.6) is 0 Å². The summed E-state index contributed by atoms with van der Waals surface area (Å²) in [6.45, 7) is 4.23. The smallest absolute Gasteiger partial charge is 0.0708 e. The van der Waals surface area contributed by atoms with Crippen molar-refractivity contribution in [1.82, 2.24) is 0 Å². The van der Waals surface area contributed by atoms with E-state index < -0.39 is 0 Å². The number of allylic oxidation sites excluding steroid dienone is 2. The molecule has 8 heteroatoms. The van der Waals surface area contributed by atoms with Crippen molar-refractivity contribution >= 4 is 70.6 Å². The lowest BCUT2D eigenvalue weighted by Crippen LogP contribution is -1.82. The van der Waals surface area contributed by atoms with Crippen LogP contribution in [0.25, 0.3) is 0 Å². The Bertz CT molecular complexity index is 1160. The van der Waals surface area contributed by atoms with Gasteiger partial charge < -0.3 is 0 Å². The number of benzene rings is 2. The highest BCUT2D eigenvalue weighted by Gasteiger charge is 2.30. The van der Waals surface area contributed by atoms with Crippen molar-refractivity contribution in [2.45, 2.75) is 51.0 Å². The summed E-state index contributed by atoms with van der Waals surface area (Å²) in [6, 6.07) is 22.1. The molecule has 36 heavy (non-hydrogen) atoms. The van der Waals surface area contributed by atoms with Gasteiger partial charge in [0.1, 0.15) is 0 Å². The van der Waals surface area contributed by atoms with Crippen molar-refractivity contribution in [3.05, 3.63) is 97.5 Å². The molecule has 0 N–H and O–H groups in total. The third-order valence-electron chi connectivity index (χ3n) is 5.33.